The van der Waals surface area contributed by atoms with Crippen LogP contribution in [-0.4, -0.2) is 24.5 Å². The summed E-state index contributed by atoms with van der Waals surface area (Å²) in [6, 6.07) is 20.1. The van der Waals surface area contributed by atoms with Crippen molar-refractivity contribution < 1.29 is 9.53 Å². The van der Waals surface area contributed by atoms with Crippen LogP contribution in [0, 0.1) is 0 Å². The fourth-order valence-electron chi connectivity index (χ4n) is 3.21. The molecule has 0 aliphatic carbocycles. The fraction of sp³-hybridized carbons (Fsp3) is 0.316. The summed E-state index contributed by atoms with van der Waals surface area (Å²) >= 11 is 0. The lowest BCUT2D eigenvalue weighted by Crippen LogP contribution is -2.35. The van der Waals surface area contributed by atoms with Crippen molar-refractivity contribution in [2.24, 2.45) is 0 Å². The van der Waals surface area contributed by atoms with E-state index in [1.807, 2.05) is 53.4 Å². The Hall–Kier alpha value is -2.13. The maximum Gasteiger partial charge on any atom is 0.256 e. The highest BCUT2D eigenvalue weighted by Gasteiger charge is 2.34. The molecule has 2 atom stereocenters. The van der Waals surface area contributed by atoms with E-state index in [9.17, 15) is 4.79 Å². The molecule has 1 fully saturated rings. The number of carbonyl (C=O) groups is 1. The lowest BCUT2D eigenvalue weighted by molar-refractivity contribution is -0.143. The van der Waals surface area contributed by atoms with Crippen LogP contribution in [0.4, 0.5) is 0 Å². The number of nitrogens with zero attached hydrogens (tertiary/aromatic N) is 1. The minimum absolute atomic E-state index is 0.0556. The monoisotopic (exact) mass is 295 g/mol. The maximum absolute atomic E-state index is 13.0. The van der Waals surface area contributed by atoms with Gasteiger partial charge in [-0.25, -0.2) is 0 Å². The Labute approximate surface area is 131 Å². The van der Waals surface area contributed by atoms with Crippen molar-refractivity contribution in [3.05, 3.63) is 71.8 Å². The maximum atomic E-state index is 13.0. The zero-order chi connectivity index (χ0) is 15.4. The van der Waals surface area contributed by atoms with Gasteiger partial charge in [0.2, 0.25) is 0 Å². The summed E-state index contributed by atoms with van der Waals surface area (Å²) in [5.74, 6) is 0.0556. The molecule has 1 unspecified atom stereocenters. The highest BCUT2D eigenvalue weighted by Crippen LogP contribution is 2.34. The van der Waals surface area contributed by atoms with Crippen LogP contribution < -0.4 is 0 Å². The first-order valence-electron chi connectivity index (χ1n) is 7.74. The van der Waals surface area contributed by atoms with Gasteiger partial charge >= 0.3 is 0 Å². The number of benzene rings is 2. The fourth-order valence-corrected chi connectivity index (χ4v) is 3.21. The predicted molar refractivity (Wildman–Crippen MR) is 86.3 cm³/mol. The van der Waals surface area contributed by atoms with E-state index in [4.69, 9.17) is 4.74 Å². The summed E-state index contributed by atoms with van der Waals surface area (Å²) in [7, 11) is 1.60. The van der Waals surface area contributed by atoms with Gasteiger partial charge in [-0.05, 0) is 24.0 Å². The van der Waals surface area contributed by atoms with Crippen molar-refractivity contribution in [1.82, 2.24) is 4.90 Å². The molecule has 1 amide bonds. The smallest absolute Gasteiger partial charge is 0.256 e. The van der Waals surface area contributed by atoms with Gasteiger partial charge in [-0.2, -0.15) is 0 Å². The van der Waals surface area contributed by atoms with E-state index in [0.717, 1.165) is 24.9 Å². The first kappa shape index (κ1) is 14.8. The third-order valence-electron chi connectivity index (χ3n) is 4.28. The minimum atomic E-state index is -0.523. The van der Waals surface area contributed by atoms with Gasteiger partial charge < -0.3 is 9.64 Å². The summed E-state index contributed by atoms with van der Waals surface area (Å²) in [5.41, 5.74) is 2.12. The van der Waals surface area contributed by atoms with Crippen LogP contribution in [0.1, 0.15) is 36.1 Å². The molecule has 0 bridgehead atoms. The Morgan fingerprint density at radius 3 is 2.36 bits per heavy atom. The van der Waals surface area contributed by atoms with Gasteiger partial charge in [0.15, 0.2) is 6.10 Å². The van der Waals surface area contributed by atoms with Crippen LogP contribution >= 0.6 is 0 Å². The molecule has 0 spiro atoms. The molecule has 1 aliphatic rings. The van der Waals surface area contributed by atoms with Crippen molar-refractivity contribution in [3.63, 3.8) is 0 Å². The van der Waals surface area contributed by atoms with Crippen molar-refractivity contribution in [2.75, 3.05) is 13.7 Å². The van der Waals surface area contributed by atoms with Crippen molar-refractivity contribution in [2.45, 2.75) is 25.0 Å². The van der Waals surface area contributed by atoms with Gasteiger partial charge in [0.25, 0.3) is 5.91 Å². The predicted octanol–water partition coefficient (Wildman–Crippen LogP) is 3.74. The summed E-state index contributed by atoms with van der Waals surface area (Å²) in [6.07, 6.45) is 1.53. The molecular weight excluding hydrogens is 274 g/mol. The van der Waals surface area contributed by atoms with Crippen LogP contribution in [0.3, 0.4) is 0 Å². The molecule has 0 saturated carbocycles. The highest BCUT2D eigenvalue weighted by molar-refractivity contribution is 5.83. The Morgan fingerprint density at radius 1 is 1.09 bits per heavy atom. The quantitative estimate of drug-likeness (QED) is 0.860. The zero-order valence-corrected chi connectivity index (χ0v) is 12.8. The molecule has 1 aliphatic heterocycles. The van der Waals surface area contributed by atoms with Gasteiger partial charge in [-0.1, -0.05) is 60.7 Å². The second-order valence-corrected chi connectivity index (χ2v) is 5.63. The normalized spacial score (nSPS) is 19.1. The molecule has 1 heterocycles. The molecule has 1 saturated heterocycles. The molecule has 114 valence electrons. The standard InChI is InChI=1S/C19H21NO2/c1-22-18(16-11-6-3-7-12-16)19(21)20-14-8-13-17(20)15-9-4-2-5-10-15/h2-7,9-12,17-18H,8,13-14H2,1H3/t17?,18-/m0/s1. The Balaban J connectivity index is 1.84. The van der Waals surface area contributed by atoms with E-state index in [1.54, 1.807) is 7.11 Å². The molecule has 3 nitrogen and oxygen atoms in total. The first-order valence-corrected chi connectivity index (χ1v) is 7.74. The molecule has 0 N–H and O–H groups in total. The zero-order valence-electron chi connectivity index (χ0n) is 12.8. The number of ether oxygens (including phenoxy) is 1. The van der Waals surface area contributed by atoms with Gasteiger partial charge in [-0.15, -0.1) is 0 Å². The van der Waals surface area contributed by atoms with Gasteiger partial charge in [0.1, 0.15) is 0 Å². The van der Waals surface area contributed by atoms with E-state index in [2.05, 4.69) is 12.1 Å². The van der Waals surface area contributed by atoms with Crippen LogP contribution in [-0.2, 0) is 9.53 Å². The van der Waals surface area contributed by atoms with E-state index in [1.165, 1.54) is 5.56 Å². The van der Waals surface area contributed by atoms with E-state index >= 15 is 0 Å². The number of carbonyl (C=O) groups excluding carboxylic acids is 1. The largest absolute Gasteiger partial charge is 0.367 e. The van der Waals surface area contributed by atoms with E-state index in [0.29, 0.717) is 0 Å². The van der Waals surface area contributed by atoms with Crippen molar-refractivity contribution in [1.29, 1.82) is 0 Å². The first-order chi connectivity index (χ1) is 10.8. The van der Waals surface area contributed by atoms with Gasteiger partial charge in [0.05, 0.1) is 6.04 Å². The number of likely N-dealkylation sites (tertiary alicyclic amines) is 1. The lowest BCUT2D eigenvalue weighted by Gasteiger charge is -2.28. The van der Waals surface area contributed by atoms with E-state index < -0.39 is 6.10 Å². The van der Waals surface area contributed by atoms with Crippen LogP contribution in [0.5, 0.6) is 0 Å². The Kier molecular flexibility index (Phi) is 4.54. The Morgan fingerprint density at radius 2 is 1.73 bits per heavy atom. The average Bonchev–Trinajstić information content (AvgIpc) is 3.07. The number of amides is 1. The molecule has 0 radical (unpaired) electrons. The number of rotatable bonds is 4. The van der Waals surface area contributed by atoms with Crippen LogP contribution in [0.25, 0.3) is 0 Å². The van der Waals surface area contributed by atoms with Crippen molar-refractivity contribution >= 4 is 5.91 Å². The number of hydrogen-bond acceptors (Lipinski definition) is 2. The third kappa shape index (κ3) is 2.90. The molecule has 3 rings (SSSR count). The number of methoxy groups -OCH3 is 1. The molecule has 2 aromatic rings. The SMILES string of the molecule is CO[C@H](C(=O)N1CCCC1c1ccccc1)c1ccccc1. The number of hydrogen-bond donors (Lipinski definition) is 0. The molecular formula is C19H21NO2. The van der Waals surface area contributed by atoms with Gasteiger partial charge in [-0.3, -0.25) is 4.79 Å². The summed E-state index contributed by atoms with van der Waals surface area (Å²) in [6.45, 7) is 0.797. The van der Waals surface area contributed by atoms with Crippen molar-refractivity contribution in [3.8, 4) is 0 Å². The van der Waals surface area contributed by atoms with Gasteiger partial charge in [0, 0.05) is 13.7 Å². The average molecular weight is 295 g/mol. The molecule has 0 aromatic heterocycles. The molecule has 3 heteroatoms. The molecule has 22 heavy (non-hydrogen) atoms. The van der Waals surface area contributed by atoms with E-state index in [-0.39, 0.29) is 11.9 Å². The van der Waals surface area contributed by atoms with Crippen LogP contribution in [0.15, 0.2) is 60.7 Å². The second kappa shape index (κ2) is 6.75. The van der Waals surface area contributed by atoms with Crippen LogP contribution in [0.2, 0.25) is 0 Å². The topological polar surface area (TPSA) is 29.5 Å². The minimum Gasteiger partial charge on any atom is -0.367 e. The summed E-state index contributed by atoms with van der Waals surface area (Å²) in [4.78, 5) is 14.9. The lowest BCUT2D eigenvalue weighted by atomic mass is 10.0. The second-order valence-electron chi connectivity index (χ2n) is 5.63. The summed E-state index contributed by atoms with van der Waals surface area (Å²) in [5, 5.41) is 0. The highest BCUT2D eigenvalue weighted by atomic mass is 16.5. The Bertz CT molecular complexity index is 612. The molecule has 2 aromatic carbocycles. The summed E-state index contributed by atoms with van der Waals surface area (Å²) < 4.78 is 5.50. The third-order valence-corrected chi connectivity index (χ3v) is 4.28.